The molecular weight excluding hydrogens is 322 g/mol. The molecule has 2 atom stereocenters. The van der Waals surface area contributed by atoms with Crippen molar-refractivity contribution < 1.29 is 28.3 Å². The van der Waals surface area contributed by atoms with E-state index >= 15 is 0 Å². The maximum atomic E-state index is 14.4. The van der Waals surface area contributed by atoms with Gasteiger partial charge in [0.25, 0.3) is 0 Å². The fraction of sp³-hybridized carbons (Fsp3) is 0.438. The highest BCUT2D eigenvalue weighted by Gasteiger charge is 2.34. The van der Waals surface area contributed by atoms with E-state index in [4.69, 9.17) is 5.11 Å². The van der Waals surface area contributed by atoms with Gasteiger partial charge in [0.05, 0.1) is 11.8 Å². The van der Waals surface area contributed by atoms with Crippen molar-refractivity contribution in [2.45, 2.75) is 25.2 Å². The summed E-state index contributed by atoms with van der Waals surface area (Å²) in [5.74, 6) is -5.42. The highest BCUT2D eigenvalue weighted by molar-refractivity contribution is 6.01. The second kappa shape index (κ2) is 6.18. The minimum atomic E-state index is -1.04. The van der Waals surface area contributed by atoms with Gasteiger partial charge in [-0.05, 0) is 25.0 Å². The van der Waals surface area contributed by atoms with Gasteiger partial charge in [-0.25, -0.2) is 8.78 Å². The Morgan fingerprint density at radius 1 is 1.21 bits per heavy atom. The molecule has 0 spiro atoms. The number of nitrogens with one attached hydrogen (secondary N) is 1. The number of hydrogen-bond acceptors (Lipinski definition) is 4. The summed E-state index contributed by atoms with van der Waals surface area (Å²) < 4.78 is 28.9. The van der Waals surface area contributed by atoms with Crippen LogP contribution >= 0.6 is 0 Å². The zero-order valence-corrected chi connectivity index (χ0v) is 12.7. The molecule has 1 aromatic carbocycles. The van der Waals surface area contributed by atoms with Crippen molar-refractivity contribution in [3.05, 3.63) is 29.3 Å². The number of rotatable bonds is 3. The molecule has 0 aliphatic carbocycles. The summed E-state index contributed by atoms with van der Waals surface area (Å²) >= 11 is 0. The van der Waals surface area contributed by atoms with E-state index in [2.05, 4.69) is 5.32 Å². The largest absolute Gasteiger partial charge is 0.481 e. The van der Waals surface area contributed by atoms with E-state index < -0.39 is 41.3 Å². The van der Waals surface area contributed by atoms with E-state index in [0.717, 1.165) is 12.1 Å². The Hall–Kier alpha value is -2.51. The molecule has 128 valence electrons. The van der Waals surface area contributed by atoms with Crippen LogP contribution in [0.4, 0.5) is 14.5 Å². The van der Waals surface area contributed by atoms with Crippen molar-refractivity contribution in [1.82, 2.24) is 5.32 Å². The van der Waals surface area contributed by atoms with Crippen LogP contribution in [-0.2, 0) is 14.4 Å². The number of hydrogen-bond donors (Lipinski definition) is 2. The van der Waals surface area contributed by atoms with E-state index in [0.29, 0.717) is 13.0 Å². The van der Waals surface area contributed by atoms with Crippen LogP contribution in [0, 0.1) is 17.6 Å². The van der Waals surface area contributed by atoms with Gasteiger partial charge in [-0.1, -0.05) is 0 Å². The second-order valence-corrected chi connectivity index (χ2v) is 6.10. The molecule has 1 aromatic rings. The van der Waals surface area contributed by atoms with Crippen LogP contribution in [0.25, 0.3) is 0 Å². The molecule has 2 amide bonds. The highest BCUT2D eigenvalue weighted by Crippen LogP contribution is 2.33. The molecule has 0 radical (unpaired) electrons. The lowest BCUT2D eigenvalue weighted by atomic mass is 9.89. The Balaban J connectivity index is 1.86. The topological polar surface area (TPSA) is 86.7 Å². The van der Waals surface area contributed by atoms with Crippen molar-refractivity contribution in [2.75, 3.05) is 18.0 Å². The molecule has 2 N–H and O–H groups in total. The van der Waals surface area contributed by atoms with Crippen LogP contribution < -0.4 is 10.2 Å². The van der Waals surface area contributed by atoms with Gasteiger partial charge in [-0.2, -0.15) is 0 Å². The molecule has 1 unspecified atom stereocenters. The van der Waals surface area contributed by atoms with Gasteiger partial charge in [0, 0.05) is 30.8 Å². The van der Waals surface area contributed by atoms with Gasteiger partial charge in [-0.15, -0.1) is 0 Å². The summed E-state index contributed by atoms with van der Waals surface area (Å²) in [6.45, 7) is 0.583. The first kappa shape index (κ1) is 16.4. The maximum Gasteiger partial charge on any atom is 0.308 e. The molecule has 3 rings (SSSR count). The minimum absolute atomic E-state index is 0.0312. The highest BCUT2D eigenvalue weighted by atomic mass is 19.1. The molecule has 0 aromatic heterocycles. The quantitative estimate of drug-likeness (QED) is 0.814. The third-order valence-corrected chi connectivity index (χ3v) is 4.55. The summed E-state index contributed by atoms with van der Waals surface area (Å²) in [5.41, 5.74) is -0.0949. The number of carbonyl (C=O) groups excluding carboxylic acids is 2. The Morgan fingerprint density at radius 2 is 1.88 bits per heavy atom. The number of piperidine rings is 1. The Morgan fingerprint density at radius 3 is 2.42 bits per heavy atom. The standard InChI is InChI=1S/C16H16F2N2O4/c17-11-5-9(20-4-3-8(7-20)16(23)24)6-12(18)14(11)10-1-2-13(21)19-15(10)22/h5-6,8,10H,1-4,7H2,(H,23,24)(H,19,21,22)/t8?,10-/m1/s1. The summed E-state index contributed by atoms with van der Waals surface area (Å²) in [4.78, 5) is 35.6. The monoisotopic (exact) mass is 338 g/mol. The molecule has 2 aliphatic rings. The predicted molar refractivity (Wildman–Crippen MR) is 79.4 cm³/mol. The van der Waals surface area contributed by atoms with Gasteiger partial charge in [-0.3, -0.25) is 19.7 Å². The lowest BCUT2D eigenvalue weighted by molar-refractivity contribution is -0.141. The van der Waals surface area contributed by atoms with E-state index in [1.54, 1.807) is 4.90 Å². The zero-order valence-electron chi connectivity index (χ0n) is 12.7. The van der Waals surface area contributed by atoms with Crippen molar-refractivity contribution in [3.63, 3.8) is 0 Å². The Labute approximate surface area is 136 Å². The molecule has 8 heteroatoms. The van der Waals surface area contributed by atoms with Crippen molar-refractivity contribution in [1.29, 1.82) is 0 Å². The average molecular weight is 338 g/mol. The van der Waals surface area contributed by atoms with Crippen LogP contribution in [-0.4, -0.2) is 36.0 Å². The first-order chi connectivity index (χ1) is 11.4. The number of nitrogens with zero attached hydrogens (tertiary/aromatic N) is 1. The van der Waals surface area contributed by atoms with E-state index in [1.165, 1.54) is 0 Å². The fourth-order valence-corrected chi connectivity index (χ4v) is 3.25. The maximum absolute atomic E-state index is 14.4. The minimum Gasteiger partial charge on any atom is -0.481 e. The van der Waals surface area contributed by atoms with Gasteiger partial charge in [0.1, 0.15) is 11.6 Å². The summed E-state index contributed by atoms with van der Waals surface area (Å²) in [6, 6.07) is 2.23. The van der Waals surface area contributed by atoms with Crippen molar-refractivity contribution >= 4 is 23.5 Å². The molecule has 2 heterocycles. The van der Waals surface area contributed by atoms with E-state index in [1.807, 2.05) is 0 Å². The first-order valence-corrected chi connectivity index (χ1v) is 7.67. The van der Waals surface area contributed by atoms with Crippen LogP contribution in [0.3, 0.4) is 0 Å². The van der Waals surface area contributed by atoms with Gasteiger partial charge in [0.15, 0.2) is 0 Å². The van der Waals surface area contributed by atoms with Gasteiger partial charge < -0.3 is 10.0 Å². The molecular formula is C16H16F2N2O4. The number of carboxylic acid groups (broad SMARTS) is 1. The van der Waals surface area contributed by atoms with Crippen molar-refractivity contribution in [3.8, 4) is 0 Å². The van der Waals surface area contributed by atoms with Crippen LogP contribution in [0.2, 0.25) is 0 Å². The number of carbonyl (C=O) groups is 3. The molecule has 2 saturated heterocycles. The zero-order chi connectivity index (χ0) is 17.4. The fourth-order valence-electron chi connectivity index (χ4n) is 3.25. The number of aliphatic carboxylic acids is 1. The number of amides is 2. The van der Waals surface area contributed by atoms with Crippen molar-refractivity contribution in [2.24, 2.45) is 5.92 Å². The van der Waals surface area contributed by atoms with Crippen LogP contribution in [0.5, 0.6) is 0 Å². The number of anilines is 1. The third-order valence-electron chi connectivity index (χ3n) is 4.55. The summed E-state index contributed by atoms with van der Waals surface area (Å²) in [5, 5.41) is 11.1. The van der Waals surface area contributed by atoms with Crippen LogP contribution in [0.1, 0.15) is 30.7 Å². The summed E-state index contributed by atoms with van der Waals surface area (Å²) in [6.07, 6.45) is 0.500. The smallest absolute Gasteiger partial charge is 0.308 e. The Bertz CT molecular complexity index is 699. The molecule has 2 aliphatic heterocycles. The molecule has 0 bridgehead atoms. The number of halogens is 2. The number of carboxylic acids is 1. The molecule has 6 nitrogen and oxygen atoms in total. The second-order valence-electron chi connectivity index (χ2n) is 6.10. The average Bonchev–Trinajstić information content (AvgIpc) is 2.98. The van der Waals surface area contributed by atoms with Gasteiger partial charge in [0.2, 0.25) is 11.8 Å². The summed E-state index contributed by atoms with van der Waals surface area (Å²) in [7, 11) is 0. The SMILES string of the molecule is O=C1CC[C@H](c2c(F)cc(N3CCC(C(=O)O)C3)cc2F)C(=O)N1. The number of benzene rings is 1. The lowest BCUT2D eigenvalue weighted by Crippen LogP contribution is -2.40. The van der Waals surface area contributed by atoms with E-state index in [9.17, 15) is 23.2 Å². The van der Waals surface area contributed by atoms with Crippen LogP contribution in [0.15, 0.2) is 12.1 Å². The molecule has 2 fully saturated rings. The predicted octanol–water partition coefficient (Wildman–Crippen LogP) is 1.40. The first-order valence-electron chi connectivity index (χ1n) is 7.67. The molecule has 0 saturated carbocycles. The molecule has 24 heavy (non-hydrogen) atoms. The normalized spacial score (nSPS) is 24.2. The number of imide groups is 1. The van der Waals surface area contributed by atoms with Gasteiger partial charge >= 0.3 is 5.97 Å². The van der Waals surface area contributed by atoms with E-state index in [-0.39, 0.29) is 30.6 Å². The third kappa shape index (κ3) is 2.95. The Kier molecular flexibility index (Phi) is 4.21. The lowest BCUT2D eigenvalue weighted by Gasteiger charge is -2.24.